The molecular weight excluding hydrogens is 438 g/mol. The summed E-state index contributed by atoms with van der Waals surface area (Å²) in [6.07, 6.45) is 1.50. The Morgan fingerprint density at radius 2 is 1.85 bits per heavy atom. The average molecular weight is 459 g/mol. The van der Waals surface area contributed by atoms with Gasteiger partial charge in [-0.2, -0.15) is 0 Å². The number of para-hydroxylation sites is 1. The number of Topliss-reactive ketones (excluding diaryl/α,β-unsaturated/α-hetero) is 1. The van der Waals surface area contributed by atoms with Gasteiger partial charge < -0.3 is 28.3 Å². The van der Waals surface area contributed by atoms with Gasteiger partial charge in [0.1, 0.15) is 11.5 Å². The van der Waals surface area contributed by atoms with Crippen molar-refractivity contribution in [1.29, 1.82) is 0 Å². The maximum absolute atomic E-state index is 13.6. The van der Waals surface area contributed by atoms with Gasteiger partial charge in [-0.1, -0.05) is 24.3 Å². The number of hydrogen-bond acceptors (Lipinski definition) is 7. The van der Waals surface area contributed by atoms with Crippen LogP contribution in [-0.2, 0) is 11.3 Å². The second kappa shape index (κ2) is 8.47. The van der Waals surface area contributed by atoms with Crippen molar-refractivity contribution in [3.8, 4) is 11.5 Å². The minimum atomic E-state index is -0.855. The summed E-state index contributed by atoms with van der Waals surface area (Å²) in [5.74, 6) is -0.278. The van der Waals surface area contributed by atoms with Crippen LogP contribution in [0.5, 0.6) is 11.5 Å². The Labute approximate surface area is 194 Å². The first-order chi connectivity index (χ1) is 16.5. The van der Waals surface area contributed by atoms with Crippen LogP contribution in [-0.4, -0.2) is 35.9 Å². The normalized spacial score (nSPS) is 15.9. The summed E-state index contributed by atoms with van der Waals surface area (Å²) < 4.78 is 21.8. The van der Waals surface area contributed by atoms with Gasteiger partial charge in [0, 0.05) is 5.39 Å². The van der Waals surface area contributed by atoms with Crippen molar-refractivity contribution in [2.24, 2.45) is 0 Å². The van der Waals surface area contributed by atoms with Crippen LogP contribution in [0.1, 0.15) is 27.9 Å². The number of benzene rings is 2. The van der Waals surface area contributed by atoms with Crippen LogP contribution in [0.15, 0.2) is 87.1 Å². The molecule has 8 nitrogen and oxygen atoms in total. The lowest BCUT2D eigenvalue weighted by Crippen LogP contribution is -2.30. The maximum Gasteiger partial charge on any atom is 0.290 e. The molecule has 1 aliphatic heterocycles. The highest BCUT2D eigenvalue weighted by Gasteiger charge is 2.45. The van der Waals surface area contributed by atoms with Gasteiger partial charge >= 0.3 is 0 Å². The highest BCUT2D eigenvalue weighted by atomic mass is 16.5. The van der Waals surface area contributed by atoms with Crippen molar-refractivity contribution in [2.75, 3.05) is 14.2 Å². The van der Waals surface area contributed by atoms with Crippen LogP contribution in [0.2, 0.25) is 0 Å². The third-order valence-corrected chi connectivity index (χ3v) is 5.84. The largest absolute Gasteiger partial charge is 0.503 e. The second-order valence-corrected chi connectivity index (χ2v) is 7.77. The number of fused-ring (bicyclic) bond motifs is 1. The first-order valence-corrected chi connectivity index (χ1v) is 10.5. The number of ketones is 1. The van der Waals surface area contributed by atoms with Gasteiger partial charge in [0.05, 0.1) is 38.6 Å². The predicted octanol–water partition coefficient (Wildman–Crippen LogP) is 4.82. The van der Waals surface area contributed by atoms with Gasteiger partial charge in [-0.15, -0.1) is 0 Å². The molecule has 0 aliphatic carbocycles. The Morgan fingerprint density at radius 3 is 2.53 bits per heavy atom. The minimum absolute atomic E-state index is 0.00721. The highest BCUT2D eigenvalue weighted by Crippen LogP contribution is 2.41. The molecule has 5 rings (SSSR count). The summed E-state index contributed by atoms with van der Waals surface area (Å²) in [7, 11) is 3.06. The maximum atomic E-state index is 13.6. The van der Waals surface area contributed by atoms with E-state index in [1.165, 1.54) is 18.3 Å². The molecule has 0 fully saturated rings. The summed E-state index contributed by atoms with van der Waals surface area (Å²) >= 11 is 0. The number of methoxy groups -OCH3 is 2. The molecule has 0 bridgehead atoms. The van der Waals surface area contributed by atoms with Crippen molar-refractivity contribution < 1.29 is 33.0 Å². The summed E-state index contributed by atoms with van der Waals surface area (Å²) in [6.45, 7) is 0.0668. The number of aliphatic hydroxyl groups is 1. The molecule has 0 spiro atoms. The van der Waals surface area contributed by atoms with Crippen LogP contribution >= 0.6 is 0 Å². The molecule has 8 heteroatoms. The molecule has 1 N–H and O–H groups in total. The summed E-state index contributed by atoms with van der Waals surface area (Å²) in [6, 6.07) is 16.4. The number of carbonyl (C=O) groups excluding carboxylic acids is 2. The SMILES string of the molecule is COc1ccc(C2C(C(=O)c3cc4cccc(OC)c4o3)=C(O)C(=O)N2Cc2ccco2)cc1. The van der Waals surface area contributed by atoms with E-state index in [-0.39, 0.29) is 17.9 Å². The Kier molecular flexibility index (Phi) is 5.33. The standard InChI is InChI=1S/C26H21NO7/c1-31-17-10-8-15(9-11-17)22-21(24(29)26(30)27(22)14-18-6-4-12-33-18)23(28)20-13-16-5-3-7-19(32-2)25(16)34-20/h3-13,22,29H,14H2,1-2H3. The quantitative estimate of drug-likeness (QED) is 0.395. The molecule has 1 atom stereocenters. The van der Waals surface area contributed by atoms with Gasteiger partial charge in [-0.3, -0.25) is 9.59 Å². The van der Waals surface area contributed by atoms with Crippen molar-refractivity contribution >= 4 is 22.7 Å². The van der Waals surface area contributed by atoms with Gasteiger partial charge in [0.2, 0.25) is 5.78 Å². The second-order valence-electron chi connectivity index (χ2n) is 7.77. The molecule has 1 aliphatic rings. The number of carbonyl (C=O) groups is 2. The summed E-state index contributed by atoms with van der Waals surface area (Å²) in [5, 5.41) is 11.5. The third-order valence-electron chi connectivity index (χ3n) is 5.84. The van der Waals surface area contributed by atoms with Gasteiger partial charge in [0.25, 0.3) is 5.91 Å². The van der Waals surface area contributed by atoms with Crippen LogP contribution in [0.3, 0.4) is 0 Å². The molecule has 2 aromatic heterocycles. The fourth-order valence-electron chi connectivity index (χ4n) is 4.19. The van der Waals surface area contributed by atoms with Crippen molar-refractivity contribution in [2.45, 2.75) is 12.6 Å². The first-order valence-electron chi connectivity index (χ1n) is 10.5. The molecule has 1 amide bonds. The number of nitrogens with zero attached hydrogens (tertiary/aromatic N) is 1. The zero-order valence-corrected chi connectivity index (χ0v) is 18.5. The fraction of sp³-hybridized carbons (Fsp3) is 0.154. The van der Waals surface area contributed by atoms with Gasteiger partial charge in [-0.25, -0.2) is 0 Å². The lowest BCUT2D eigenvalue weighted by Gasteiger charge is -2.26. The van der Waals surface area contributed by atoms with Crippen molar-refractivity contribution in [3.63, 3.8) is 0 Å². The monoisotopic (exact) mass is 459 g/mol. The summed E-state index contributed by atoms with van der Waals surface area (Å²) in [4.78, 5) is 28.1. The van der Waals surface area contributed by atoms with Gasteiger partial charge in [-0.05, 0) is 42.0 Å². The number of amides is 1. The molecule has 0 radical (unpaired) electrons. The smallest absolute Gasteiger partial charge is 0.290 e. The molecule has 3 heterocycles. The number of hydrogen-bond donors (Lipinski definition) is 1. The lowest BCUT2D eigenvalue weighted by atomic mass is 9.95. The van der Waals surface area contributed by atoms with E-state index >= 15 is 0 Å². The summed E-state index contributed by atoms with van der Waals surface area (Å²) in [5.41, 5.74) is 0.966. The van der Waals surface area contributed by atoms with E-state index in [0.29, 0.717) is 33.8 Å². The minimum Gasteiger partial charge on any atom is -0.503 e. The van der Waals surface area contributed by atoms with Gasteiger partial charge in [0.15, 0.2) is 22.9 Å². The predicted molar refractivity (Wildman–Crippen MR) is 122 cm³/mol. The molecule has 0 saturated carbocycles. The topological polar surface area (TPSA) is 102 Å². The molecule has 34 heavy (non-hydrogen) atoms. The zero-order valence-electron chi connectivity index (χ0n) is 18.5. The first kappa shape index (κ1) is 21.4. The van der Waals surface area contributed by atoms with Crippen molar-refractivity contribution in [3.05, 3.63) is 95.3 Å². The third kappa shape index (κ3) is 3.49. The molecule has 4 aromatic rings. The number of aliphatic hydroxyl groups excluding tert-OH is 1. The number of rotatable bonds is 7. The average Bonchev–Trinajstić information content (AvgIpc) is 3.59. The molecule has 0 saturated heterocycles. The zero-order chi connectivity index (χ0) is 23.8. The van der Waals surface area contributed by atoms with Crippen LogP contribution < -0.4 is 9.47 Å². The molecule has 172 valence electrons. The molecule has 1 unspecified atom stereocenters. The van der Waals surface area contributed by atoms with E-state index in [1.54, 1.807) is 67.8 Å². The fourth-order valence-corrected chi connectivity index (χ4v) is 4.19. The molecule has 2 aromatic carbocycles. The van der Waals surface area contributed by atoms with Crippen LogP contribution in [0, 0.1) is 0 Å². The van der Waals surface area contributed by atoms with Crippen molar-refractivity contribution in [1.82, 2.24) is 4.90 Å². The van der Waals surface area contributed by atoms with Crippen LogP contribution in [0.25, 0.3) is 11.0 Å². The Balaban J connectivity index is 1.60. The Bertz CT molecular complexity index is 1400. The van der Waals surface area contributed by atoms with E-state index in [9.17, 15) is 14.7 Å². The number of ether oxygens (including phenoxy) is 2. The van der Waals surface area contributed by atoms with E-state index in [0.717, 1.165) is 0 Å². The highest BCUT2D eigenvalue weighted by molar-refractivity contribution is 6.16. The van der Waals surface area contributed by atoms with Crippen LogP contribution in [0.4, 0.5) is 0 Å². The Morgan fingerprint density at radius 1 is 1.06 bits per heavy atom. The van der Waals surface area contributed by atoms with E-state index in [1.807, 2.05) is 0 Å². The van der Waals surface area contributed by atoms with E-state index in [4.69, 9.17) is 18.3 Å². The van der Waals surface area contributed by atoms with E-state index in [2.05, 4.69) is 0 Å². The number of furan rings is 2. The molecular formula is C26H21NO7. The lowest BCUT2D eigenvalue weighted by molar-refractivity contribution is -0.130. The Hall–Kier alpha value is -4.46. The van der Waals surface area contributed by atoms with E-state index < -0.39 is 23.5 Å².